The molecule has 0 radical (unpaired) electrons. The summed E-state index contributed by atoms with van der Waals surface area (Å²) in [6.07, 6.45) is 2.21. The molecule has 1 amide bonds. The van der Waals surface area contributed by atoms with Crippen molar-refractivity contribution in [2.75, 3.05) is 13.7 Å². The van der Waals surface area contributed by atoms with Crippen molar-refractivity contribution in [2.45, 2.75) is 12.8 Å². The number of ether oxygens (including phenoxy) is 1. The van der Waals surface area contributed by atoms with Crippen LogP contribution in [0.5, 0.6) is 5.88 Å². The molecule has 0 spiro atoms. The highest BCUT2D eigenvalue weighted by Crippen LogP contribution is 2.32. The van der Waals surface area contributed by atoms with Crippen molar-refractivity contribution in [3.63, 3.8) is 0 Å². The van der Waals surface area contributed by atoms with E-state index in [0.717, 1.165) is 17.4 Å². The van der Waals surface area contributed by atoms with Crippen LogP contribution in [0.1, 0.15) is 11.1 Å². The number of rotatable bonds is 4. The van der Waals surface area contributed by atoms with Gasteiger partial charge >= 0.3 is 0 Å². The van der Waals surface area contributed by atoms with Gasteiger partial charge in [-0.3, -0.25) is 4.79 Å². The quantitative estimate of drug-likeness (QED) is 0.647. The summed E-state index contributed by atoms with van der Waals surface area (Å²) < 4.78 is 5.24. The molecule has 96 valence electrons. The number of amides is 1. The Morgan fingerprint density at radius 1 is 1.67 bits per heavy atom. The van der Waals surface area contributed by atoms with E-state index < -0.39 is 0 Å². The third-order valence-corrected chi connectivity index (χ3v) is 3.23. The lowest BCUT2D eigenvalue weighted by atomic mass is 10.1. The van der Waals surface area contributed by atoms with Crippen molar-refractivity contribution in [1.29, 1.82) is 0 Å². The van der Waals surface area contributed by atoms with Crippen molar-refractivity contribution >= 4 is 23.8 Å². The van der Waals surface area contributed by atoms with Gasteiger partial charge in [-0.2, -0.15) is 0 Å². The average Bonchev–Trinajstić information content (AvgIpc) is 2.79. The summed E-state index contributed by atoms with van der Waals surface area (Å²) in [5.74, 6) is 0.0431. The molecule has 1 N–H and O–H groups in total. The van der Waals surface area contributed by atoms with Crippen LogP contribution >= 0.6 is 11.6 Å². The van der Waals surface area contributed by atoms with Crippen molar-refractivity contribution in [1.82, 2.24) is 10.3 Å². The topological polar surface area (TPSA) is 68.3 Å². The minimum atomic E-state index is -0.237. The predicted molar refractivity (Wildman–Crippen MR) is 65.8 cm³/mol. The first-order valence-corrected chi connectivity index (χ1v) is 5.98. The van der Waals surface area contributed by atoms with Crippen LogP contribution in [0.4, 0.5) is 0 Å². The Hall–Kier alpha value is -1.62. The summed E-state index contributed by atoms with van der Waals surface area (Å²) in [6, 6.07) is 1.74. The molecule has 18 heavy (non-hydrogen) atoms. The number of fused-ring (bicyclic) bond motifs is 1. The maximum atomic E-state index is 11.1. The largest absolute Gasteiger partial charge is 0.468 e. The summed E-state index contributed by atoms with van der Waals surface area (Å²) >= 11 is 6.04. The van der Waals surface area contributed by atoms with E-state index in [1.54, 1.807) is 6.07 Å². The maximum Gasteiger partial charge on any atom is 0.257 e. The smallest absolute Gasteiger partial charge is 0.257 e. The van der Waals surface area contributed by atoms with Gasteiger partial charge in [-0.25, -0.2) is 4.98 Å². The molecule has 2 rings (SSSR count). The average molecular weight is 269 g/mol. The summed E-state index contributed by atoms with van der Waals surface area (Å²) in [7, 11) is 1.53. The van der Waals surface area contributed by atoms with Gasteiger partial charge in [-0.1, -0.05) is 11.6 Å². The molecule has 1 aromatic heterocycles. The minimum absolute atomic E-state index is 0.0338. The van der Waals surface area contributed by atoms with Crippen LogP contribution in [-0.4, -0.2) is 30.8 Å². The number of carbonyl (C=O) groups is 2. The number of halogens is 1. The third-order valence-electron chi connectivity index (χ3n) is 2.91. The number of pyridine rings is 1. The lowest BCUT2D eigenvalue weighted by Crippen LogP contribution is -2.25. The molecule has 1 aliphatic rings. The van der Waals surface area contributed by atoms with Gasteiger partial charge in [-0.15, -0.1) is 0 Å². The molecule has 1 atom stereocenters. The highest BCUT2D eigenvalue weighted by molar-refractivity contribution is 6.30. The first kappa shape index (κ1) is 12.8. The van der Waals surface area contributed by atoms with E-state index in [1.807, 2.05) is 0 Å². The second-order valence-corrected chi connectivity index (χ2v) is 4.51. The van der Waals surface area contributed by atoms with Crippen LogP contribution in [0.2, 0.25) is 5.15 Å². The lowest BCUT2D eigenvalue weighted by molar-refractivity contribution is -0.122. The molecular formula is C12H13ClN2O3. The maximum absolute atomic E-state index is 11.1. The van der Waals surface area contributed by atoms with Crippen molar-refractivity contribution in [2.24, 2.45) is 5.92 Å². The Balaban J connectivity index is 2.14. The Kier molecular flexibility index (Phi) is 3.81. The summed E-state index contributed by atoms with van der Waals surface area (Å²) in [5.41, 5.74) is 1.88. The van der Waals surface area contributed by atoms with Gasteiger partial charge in [-0.05, 0) is 24.0 Å². The van der Waals surface area contributed by atoms with E-state index in [-0.39, 0.29) is 18.4 Å². The number of aromatic nitrogens is 1. The Labute approximate surface area is 109 Å². The molecular weight excluding hydrogens is 256 g/mol. The van der Waals surface area contributed by atoms with Crippen LogP contribution in [0.25, 0.3) is 0 Å². The van der Waals surface area contributed by atoms with Gasteiger partial charge in [0.2, 0.25) is 5.88 Å². The minimum Gasteiger partial charge on any atom is -0.468 e. The molecule has 0 bridgehead atoms. The van der Waals surface area contributed by atoms with Crippen LogP contribution in [0, 0.1) is 5.92 Å². The molecule has 1 unspecified atom stereocenters. The molecule has 1 aromatic rings. The first-order valence-electron chi connectivity index (χ1n) is 5.61. The standard InChI is InChI=1S/C12H13ClN2O3/c1-14-10(17)6-18-11-4-8-2-7(5-16)3-9(8)12(13)15-11/h4-5,7H,2-3,6H2,1H3,(H,14,17). The molecule has 1 aliphatic carbocycles. The third kappa shape index (κ3) is 2.61. The number of nitrogens with zero attached hydrogens (tertiary/aromatic N) is 1. The van der Waals surface area contributed by atoms with E-state index in [4.69, 9.17) is 16.3 Å². The molecule has 1 heterocycles. The molecule has 0 aliphatic heterocycles. The van der Waals surface area contributed by atoms with E-state index in [1.165, 1.54) is 7.05 Å². The van der Waals surface area contributed by atoms with Crippen molar-refractivity contribution < 1.29 is 14.3 Å². The fourth-order valence-electron chi connectivity index (χ4n) is 1.96. The highest BCUT2D eigenvalue weighted by atomic mass is 35.5. The summed E-state index contributed by atoms with van der Waals surface area (Å²) in [5, 5.41) is 2.80. The number of likely N-dealkylation sites (N-methyl/N-ethyl adjacent to an activating group) is 1. The van der Waals surface area contributed by atoms with Gasteiger partial charge in [0.25, 0.3) is 5.91 Å². The zero-order valence-electron chi connectivity index (χ0n) is 9.90. The number of carbonyl (C=O) groups excluding carboxylic acids is 2. The van der Waals surface area contributed by atoms with E-state index in [0.29, 0.717) is 23.9 Å². The normalized spacial score (nSPS) is 17.1. The summed E-state index contributed by atoms with van der Waals surface area (Å²) in [4.78, 5) is 25.9. The fourth-order valence-corrected chi connectivity index (χ4v) is 2.24. The first-order chi connectivity index (χ1) is 8.63. The summed E-state index contributed by atoms with van der Waals surface area (Å²) in [6.45, 7) is -0.101. The van der Waals surface area contributed by atoms with Crippen LogP contribution in [0.3, 0.4) is 0 Å². The fraction of sp³-hybridized carbons (Fsp3) is 0.417. The van der Waals surface area contributed by atoms with Crippen LogP contribution < -0.4 is 10.1 Å². The van der Waals surface area contributed by atoms with Crippen molar-refractivity contribution in [3.8, 4) is 5.88 Å². The molecule has 0 aromatic carbocycles. The van der Waals surface area contributed by atoms with Crippen molar-refractivity contribution in [3.05, 3.63) is 22.3 Å². The molecule has 0 saturated carbocycles. The van der Waals surface area contributed by atoms with Gasteiger partial charge in [0.15, 0.2) is 6.61 Å². The number of aldehydes is 1. The Morgan fingerprint density at radius 2 is 2.44 bits per heavy atom. The zero-order valence-corrected chi connectivity index (χ0v) is 10.7. The van der Waals surface area contributed by atoms with Gasteiger partial charge in [0.1, 0.15) is 11.4 Å². The van der Waals surface area contributed by atoms with E-state index in [2.05, 4.69) is 10.3 Å². The highest BCUT2D eigenvalue weighted by Gasteiger charge is 2.25. The van der Waals surface area contributed by atoms with Crippen LogP contribution in [-0.2, 0) is 22.4 Å². The number of hydrogen-bond donors (Lipinski definition) is 1. The number of hydrogen-bond acceptors (Lipinski definition) is 4. The molecule has 0 saturated heterocycles. The Bertz CT molecular complexity index is 490. The lowest BCUT2D eigenvalue weighted by Gasteiger charge is -2.07. The van der Waals surface area contributed by atoms with E-state index in [9.17, 15) is 9.59 Å². The van der Waals surface area contributed by atoms with Gasteiger partial charge in [0.05, 0.1) is 0 Å². The number of nitrogens with one attached hydrogen (secondary N) is 1. The van der Waals surface area contributed by atoms with Gasteiger partial charge in [0, 0.05) is 19.0 Å². The van der Waals surface area contributed by atoms with Crippen LogP contribution in [0.15, 0.2) is 6.07 Å². The molecule has 0 fully saturated rings. The van der Waals surface area contributed by atoms with Gasteiger partial charge < -0.3 is 14.8 Å². The SMILES string of the molecule is CNC(=O)COc1cc2c(c(Cl)n1)CC(C=O)C2. The zero-order chi connectivity index (χ0) is 13.1. The second kappa shape index (κ2) is 5.35. The molecule has 6 heteroatoms. The monoisotopic (exact) mass is 268 g/mol. The predicted octanol–water partition coefficient (Wildman–Crippen LogP) is 0.773. The van der Waals surface area contributed by atoms with E-state index >= 15 is 0 Å². The Morgan fingerprint density at radius 3 is 3.11 bits per heavy atom. The second-order valence-electron chi connectivity index (χ2n) is 4.16. The molecule has 5 nitrogen and oxygen atoms in total.